The quantitative estimate of drug-likeness (QED) is 0.435. The van der Waals surface area contributed by atoms with E-state index in [1.165, 1.54) is 0 Å². The summed E-state index contributed by atoms with van der Waals surface area (Å²) in [5.41, 5.74) is 3.70. The van der Waals surface area contributed by atoms with Crippen LogP contribution < -0.4 is 5.32 Å². The molecule has 0 saturated carbocycles. The molecule has 188 valence electrons. The number of benzene rings is 1. The number of amides is 2. The predicted molar refractivity (Wildman–Crippen MR) is 138 cm³/mol. The van der Waals surface area contributed by atoms with Crippen LogP contribution in [0.3, 0.4) is 0 Å². The maximum absolute atomic E-state index is 13.2. The Morgan fingerprint density at radius 3 is 2.59 bits per heavy atom. The highest BCUT2D eigenvalue weighted by Gasteiger charge is 2.31. The Bertz CT molecular complexity index is 1420. The summed E-state index contributed by atoms with van der Waals surface area (Å²) in [5, 5.41) is 4.14. The molecule has 0 radical (unpaired) electrons. The van der Waals surface area contributed by atoms with Crippen molar-refractivity contribution < 1.29 is 14.3 Å². The number of nitrogens with one attached hydrogen (secondary N) is 2. The highest BCUT2D eigenvalue weighted by atomic mass is 16.5. The smallest absolute Gasteiger partial charge is 0.270 e. The molecule has 0 aliphatic carbocycles. The average Bonchev–Trinajstić information content (AvgIpc) is 3.63. The van der Waals surface area contributed by atoms with Crippen LogP contribution in [0.25, 0.3) is 22.3 Å². The first kappa shape index (κ1) is 23.1. The molecule has 37 heavy (non-hydrogen) atoms. The number of pyridine rings is 1. The maximum atomic E-state index is 13.2. The van der Waals surface area contributed by atoms with Crippen LogP contribution in [-0.2, 0) is 9.53 Å². The third-order valence-electron chi connectivity index (χ3n) is 6.77. The lowest BCUT2D eigenvalue weighted by Crippen LogP contribution is -2.52. The van der Waals surface area contributed by atoms with Crippen molar-refractivity contribution in [2.45, 2.75) is 18.9 Å². The topological polar surface area (TPSA) is 116 Å². The Morgan fingerprint density at radius 2 is 1.81 bits per heavy atom. The molecule has 0 unspecified atom stereocenters. The molecular weight excluding hydrogens is 470 g/mol. The van der Waals surface area contributed by atoms with E-state index in [2.05, 4.69) is 25.3 Å². The standard InChI is InChI=1S/C27H27N7O3/c35-25(33-11-13-34(14-12-33)26(36)24-5-3-15-37-24)23-17-18-16-19(6-7-20(18)31-23)30-27-29-10-8-22(32-27)21-4-1-2-9-28-21/h1-2,4,6-10,16-17,24,31H,3,5,11-15H2,(H,29,30,32)/t24-/m1/s1. The fourth-order valence-corrected chi connectivity index (χ4v) is 4.81. The van der Waals surface area contributed by atoms with E-state index < -0.39 is 0 Å². The fourth-order valence-electron chi connectivity index (χ4n) is 4.81. The van der Waals surface area contributed by atoms with E-state index in [9.17, 15) is 9.59 Å². The molecule has 2 aliphatic rings. The third-order valence-corrected chi connectivity index (χ3v) is 6.77. The zero-order valence-electron chi connectivity index (χ0n) is 20.3. The summed E-state index contributed by atoms with van der Waals surface area (Å²) in [6.07, 6.45) is 4.82. The van der Waals surface area contributed by atoms with Gasteiger partial charge >= 0.3 is 0 Å². The first-order chi connectivity index (χ1) is 18.1. The number of aromatic nitrogens is 4. The third kappa shape index (κ3) is 4.88. The molecule has 1 atom stereocenters. The lowest BCUT2D eigenvalue weighted by Gasteiger charge is -2.35. The zero-order chi connectivity index (χ0) is 25.2. The van der Waals surface area contributed by atoms with Gasteiger partial charge in [0.15, 0.2) is 0 Å². The van der Waals surface area contributed by atoms with E-state index in [0.717, 1.165) is 40.8 Å². The van der Waals surface area contributed by atoms with Gasteiger partial charge in [-0.2, -0.15) is 0 Å². The molecule has 5 heterocycles. The van der Waals surface area contributed by atoms with Crippen LogP contribution in [0, 0.1) is 0 Å². The van der Waals surface area contributed by atoms with Crippen LogP contribution in [0.4, 0.5) is 11.6 Å². The van der Waals surface area contributed by atoms with Gasteiger partial charge in [-0.15, -0.1) is 0 Å². The summed E-state index contributed by atoms with van der Waals surface area (Å²) in [6.45, 7) is 2.70. The van der Waals surface area contributed by atoms with E-state index in [1.54, 1.807) is 17.3 Å². The van der Waals surface area contributed by atoms with Crippen molar-refractivity contribution in [3.05, 3.63) is 66.6 Å². The van der Waals surface area contributed by atoms with Crippen molar-refractivity contribution in [2.75, 3.05) is 38.1 Å². The second-order valence-electron chi connectivity index (χ2n) is 9.21. The van der Waals surface area contributed by atoms with Crippen LogP contribution >= 0.6 is 0 Å². The lowest BCUT2D eigenvalue weighted by molar-refractivity contribution is -0.142. The van der Waals surface area contributed by atoms with E-state index in [0.29, 0.717) is 44.4 Å². The average molecular weight is 498 g/mol. The molecule has 4 aromatic rings. The monoisotopic (exact) mass is 497 g/mol. The summed E-state index contributed by atoms with van der Waals surface area (Å²) in [4.78, 5) is 45.8. The normalized spacial score (nSPS) is 17.8. The van der Waals surface area contributed by atoms with Crippen LogP contribution in [-0.4, -0.2) is 80.4 Å². The van der Waals surface area contributed by atoms with Crippen LogP contribution in [0.1, 0.15) is 23.3 Å². The highest BCUT2D eigenvalue weighted by molar-refractivity contribution is 5.99. The molecule has 3 aromatic heterocycles. The van der Waals surface area contributed by atoms with Gasteiger partial charge in [0, 0.05) is 61.8 Å². The molecule has 10 heteroatoms. The van der Waals surface area contributed by atoms with Gasteiger partial charge in [-0.3, -0.25) is 14.6 Å². The number of carbonyl (C=O) groups excluding carboxylic acids is 2. The Balaban J connectivity index is 1.12. The minimum Gasteiger partial charge on any atom is -0.368 e. The molecule has 1 aromatic carbocycles. The fraction of sp³-hybridized carbons (Fsp3) is 0.296. The number of ether oxygens (including phenoxy) is 1. The molecule has 2 saturated heterocycles. The zero-order valence-corrected chi connectivity index (χ0v) is 20.3. The van der Waals surface area contributed by atoms with Crippen molar-refractivity contribution >= 4 is 34.4 Å². The number of carbonyl (C=O) groups is 2. The van der Waals surface area contributed by atoms with E-state index in [1.807, 2.05) is 53.4 Å². The number of hydrogen-bond donors (Lipinski definition) is 2. The molecule has 2 aliphatic heterocycles. The largest absolute Gasteiger partial charge is 0.368 e. The predicted octanol–water partition coefficient (Wildman–Crippen LogP) is 3.23. The van der Waals surface area contributed by atoms with Crippen LogP contribution in [0.2, 0.25) is 0 Å². The van der Waals surface area contributed by atoms with Crippen LogP contribution in [0.5, 0.6) is 0 Å². The summed E-state index contributed by atoms with van der Waals surface area (Å²) in [5.74, 6) is 0.441. The molecule has 0 spiro atoms. The summed E-state index contributed by atoms with van der Waals surface area (Å²) >= 11 is 0. The minimum atomic E-state index is -0.318. The summed E-state index contributed by atoms with van der Waals surface area (Å²) in [6, 6.07) is 15.2. The molecule has 2 amide bonds. The Morgan fingerprint density at radius 1 is 0.946 bits per heavy atom. The summed E-state index contributed by atoms with van der Waals surface area (Å²) in [7, 11) is 0. The summed E-state index contributed by atoms with van der Waals surface area (Å²) < 4.78 is 5.53. The van der Waals surface area contributed by atoms with Crippen molar-refractivity contribution in [2.24, 2.45) is 0 Å². The van der Waals surface area contributed by atoms with Gasteiger partial charge in [0.1, 0.15) is 11.8 Å². The number of nitrogens with zero attached hydrogens (tertiary/aromatic N) is 5. The number of anilines is 2. The van der Waals surface area contributed by atoms with Crippen molar-refractivity contribution in [3.63, 3.8) is 0 Å². The highest BCUT2D eigenvalue weighted by Crippen LogP contribution is 2.24. The Labute approximate surface area is 213 Å². The minimum absolute atomic E-state index is 0.0461. The van der Waals surface area contributed by atoms with Gasteiger partial charge in [0.05, 0.1) is 11.4 Å². The Hall–Kier alpha value is -4.31. The Kier molecular flexibility index (Phi) is 6.23. The number of rotatable bonds is 5. The first-order valence-corrected chi connectivity index (χ1v) is 12.5. The lowest BCUT2D eigenvalue weighted by atomic mass is 10.2. The number of H-pyrrole nitrogens is 1. The molecule has 2 N–H and O–H groups in total. The van der Waals surface area contributed by atoms with E-state index >= 15 is 0 Å². The second kappa shape index (κ2) is 9.98. The number of aromatic amines is 1. The van der Waals surface area contributed by atoms with Gasteiger partial charge in [-0.05, 0) is 55.3 Å². The molecule has 0 bridgehead atoms. The van der Waals surface area contributed by atoms with Crippen molar-refractivity contribution in [1.82, 2.24) is 29.7 Å². The van der Waals surface area contributed by atoms with Crippen molar-refractivity contribution in [1.29, 1.82) is 0 Å². The molecule has 10 nitrogen and oxygen atoms in total. The van der Waals surface area contributed by atoms with Crippen molar-refractivity contribution in [3.8, 4) is 11.4 Å². The van der Waals surface area contributed by atoms with Gasteiger partial charge in [0.2, 0.25) is 5.95 Å². The van der Waals surface area contributed by atoms with E-state index in [4.69, 9.17) is 4.74 Å². The first-order valence-electron chi connectivity index (χ1n) is 12.5. The van der Waals surface area contributed by atoms with Gasteiger partial charge in [-0.1, -0.05) is 6.07 Å². The molecular formula is C27H27N7O3. The van der Waals surface area contributed by atoms with Gasteiger partial charge < -0.3 is 24.8 Å². The number of piperazine rings is 1. The SMILES string of the molecule is O=C(c1cc2cc(Nc3nccc(-c4ccccn4)n3)ccc2[nH]1)N1CCN(C(=O)[C@H]2CCCO2)CC1. The van der Waals surface area contributed by atoms with Crippen LogP contribution in [0.15, 0.2) is 60.9 Å². The number of hydrogen-bond acceptors (Lipinski definition) is 7. The van der Waals surface area contributed by atoms with E-state index in [-0.39, 0.29) is 17.9 Å². The molecule has 2 fully saturated rings. The maximum Gasteiger partial charge on any atom is 0.270 e. The van der Waals surface area contributed by atoms with Gasteiger partial charge in [-0.25, -0.2) is 9.97 Å². The molecule has 6 rings (SSSR count). The second-order valence-corrected chi connectivity index (χ2v) is 9.21. The number of fused-ring (bicyclic) bond motifs is 1. The van der Waals surface area contributed by atoms with Gasteiger partial charge in [0.25, 0.3) is 11.8 Å².